The quantitative estimate of drug-likeness (QED) is 0.620. The molecule has 1 aliphatic heterocycles. The Hall–Kier alpha value is -2.53. The molecule has 28 heavy (non-hydrogen) atoms. The van der Waals surface area contributed by atoms with E-state index in [1.807, 2.05) is 44.9 Å². The fourth-order valence-electron chi connectivity index (χ4n) is 3.38. The van der Waals surface area contributed by atoms with Crippen molar-refractivity contribution in [3.05, 3.63) is 30.0 Å². The van der Waals surface area contributed by atoms with Crippen molar-refractivity contribution < 1.29 is 8.42 Å². The van der Waals surface area contributed by atoms with Gasteiger partial charge in [0.05, 0.1) is 6.04 Å². The van der Waals surface area contributed by atoms with Crippen molar-refractivity contribution in [1.29, 1.82) is 0 Å². The zero-order chi connectivity index (χ0) is 20.2. The lowest BCUT2D eigenvalue weighted by Gasteiger charge is -2.43. The van der Waals surface area contributed by atoms with Crippen LogP contribution in [-0.2, 0) is 17.1 Å². The van der Waals surface area contributed by atoms with Gasteiger partial charge >= 0.3 is 0 Å². The van der Waals surface area contributed by atoms with Crippen LogP contribution in [0.4, 0.5) is 5.82 Å². The Balaban J connectivity index is 1.50. The number of hydrogen-bond donors (Lipinski definition) is 0. The molecule has 150 valence electrons. The normalized spacial score (nSPS) is 15.8. The summed E-state index contributed by atoms with van der Waals surface area (Å²) in [7, 11) is -0.210. The predicted octanol–water partition coefficient (Wildman–Crippen LogP) is 0.799. The Labute approximate surface area is 163 Å². The van der Waals surface area contributed by atoms with Gasteiger partial charge in [-0.25, -0.2) is 13.4 Å². The van der Waals surface area contributed by atoms with E-state index in [4.69, 9.17) is 0 Å². The second-order valence-corrected chi connectivity index (χ2v) is 9.44. The summed E-state index contributed by atoms with van der Waals surface area (Å²) in [6.07, 6.45) is 1.59. The molecule has 1 fully saturated rings. The first-order valence-corrected chi connectivity index (χ1v) is 10.6. The summed E-state index contributed by atoms with van der Waals surface area (Å²) in [5.41, 5.74) is 0.689. The van der Waals surface area contributed by atoms with Gasteiger partial charge in [-0.15, -0.1) is 15.3 Å². The molecule has 0 spiro atoms. The zero-order valence-corrected chi connectivity index (χ0v) is 17.4. The number of nitrogens with zero attached hydrogens (tertiary/aromatic N) is 8. The number of anilines is 1. The van der Waals surface area contributed by atoms with Gasteiger partial charge in [-0.1, -0.05) is 13.8 Å². The van der Waals surface area contributed by atoms with Crippen LogP contribution >= 0.6 is 0 Å². The maximum Gasteiger partial charge on any atom is 0.262 e. The first-order chi connectivity index (χ1) is 13.2. The lowest BCUT2D eigenvalue weighted by molar-refractivity contribution is 0.308. The van der Waals surface area contributed by atoms with Crippen LogP contribution in [-0.4, -0.2) is 68.3 Å². The SMILES string of the molecule is Cc1nnc2ccc(N3CC(N(C)S(=O)(=O)c4cn(C)c(C(C)C)n4)C3)nn12. The summed E-state index contributed by atoms with van der Waals surface area (Å²) >= 11 is 0. The molecule has 0 aliphatic carbocycles. The van der Waals surface area contributed by atoms with Crippen LogP contribution in [0.1, 0.15) is 31.4 Å². The molecule has 10 nitrogen and oxygen atoms in total. The molecule has 1 saturated heterocycles. The molecular weight excluding hydrogens is 380 g/mol. The molecule has 4 heterocycles. The minimum Gasteiger partial charge on any atom is -0.352 e. The van der Waals surface area contributed by atoms with E-state index in [2.05, 4.69) is 20.3 Å². The second-order valence-electron chi connectivity index (χ2n) is 7.49. The third-order valence-corrected chi connectivity index (χ3v) is 6.94. The standard InChI is InChI=1S/C17H24N8O2S/c1-11(2)17-18-16(10-22(17)4)28(26,27)23(5)13-8-24(9-13)15-7-6-14-20-19-12(3)25(14)21-15/h6-7,10-11,13H,8-9H2,1-5H3. The fourth-order valence-corrected chi connectivity index (χ4v) is 4.71. The molecule has 0 aromatic carbocycles. The van der Waals surface area contributed by atoms with E-state index in [1.54, 1.807) is 22.3 Å². The number of sulfonamides is 1. The Bertz CT molecular complexity index is 1130. The Morgan fingerprint density at radius 3 is 2.57 bits per heavy atom. The second kappa shape index (κ2) is 6.52. The van der Waals surface area contributed by atoms with Gasteiger partial charge in [0, 0.05) is 39.3 Å². The topological polar surface area (TPSA) is 102 Å². The third kappa shape index (κ3) is 2.94. The number of imidazole rings is 1. The average molecular weight is 405 g/mol. The number of fused-ring (bicyclic) bond motifs is 1. The van der Waals surface area contributed by atoms with Crippen LogP contribution in [0.2, 0.25) is 0 Å². The number of aromatic nitrogens is 6. The van der Waals surface area contributed by atoms with Gasteiger partial charge < -0.3 is 9.47 Å². The van der Waals surface area contributed by atoms with Crippen LogP contribution in [0.5, 0.6) is 0 Å². The van der Waals surface area contributed by atoms with Crippen LogP contribution in [0.3, 0.4) is 0 Å². The molecule has 0 amide bonds. The van der Waals surface area contributed by atoms with E-state index in [9.17, 15) is 8.42 Å². The molecule has 11 heteroatoms. The molecule has 0 atom stereocenters. The minimum absolute atomic E-state index is 0.0966. The van der Waals surface area contributed by atoms with Crippen LogP contribution in [0.25, 0.3) is 5.65 Å². The summed E-state index contributed by atoms with van der Waals surface area (Å²) < 4.78 is 30.8. The molecule has 4 rings (SSSR count). The Morgan fingerprint density at radius 2 is 1.93 bits per heavy atom. The fraction of sp³-hybridized carbons (Fsp3) is 0.529. The number of rotatable bonds is 5. The van der Waals surface area contributed by atoms with Gasteiger partial charge in [-0.05, 0) is 19.1 Å². The first-order valence-electron chi connectivity index (χ1n) is 9.14. The van der Waals surface area contributed by atoms with Crippen LogP contribution in [0.15, 0.2) is 23.4 Å². The van der Waals surface area contributed by atoms with Gasteiger partial charge in [-0.2, -0.15) is 8.82 Å². The van der Waals surface area contributed by atoms with Crippen molar-refractivity contribution in [3.8, 4) is 0 Å². The van der Waals surface area contributed by atoms with Crippen molar-refractivity contribution in [2.45, 2.75) is 37.8 Å². The first kappa shape index (κ1) is 18.8. The van der Waals surface area contributed by atoms with E-state index in [-0.39, 0.29) is 17.0 Å². The number of aryl methyl sites for hydroxylation is 2. The van der Waals surface area contributed by atoms with Crippen molar-refractivity contribution >= 4 is 21.5 Å². The van der Waals surface area contributed by atoms with Crippen molar-refractivity contribution in [2.75, 3.05) is 25.0 Å². The summed E-state index contributed by atoms with van der Waals surface area (Å²) in [6.45, 7) is 6.97. The number of likely N-dealkylation sites (N-methyl/N-ethyl adjacent to an activating group) is 1. The maximum atomic E-state index is 13.0. The average Bonchev–Trinajstić information content (AvgIpc) is 3.17. The highest BCUT2D eigenvalue weighted by Crippen LogP contribution is 2.26. The molecule has 3 aromatic rings. The van der Waals surface area contributed by atoms with Crippen molar-refractivity contribution in [2.24, 2.45) is 7.05 Å². The van der Waals surface area contributed by atoms with Crippen LogP contribution in [0, 0.1) is 6.92 Å². The van der Waals surface area contributed by atoms with Gasteiger partial charge in [0.1, 0.15) is 11.6 Å². The monoisotopic (exact) mass is 404 g/mol. The maximum absolute atomic E-state index is 13.0. The zero-order valence-electron chi connectivity index (χ0n) is 16.6. The molecule has 3 aromatic heterocycles. The molecule has 1 aliphatic rings. The highest BCUT2D eigenvalue weighted by molar-refractivity contribution is 7.89. The van der Waals surface area contributed by atoms with Crippen LogP contribution < -0.4 is 4.90 Å². The molecule has 0 N–H and O–H groups in total. The van der Waals surface area contributed by atoms with E-state index in [0.29, 0.717) is 24.6 Å². The largest absolute Gasteiger partial charge is 0.352 e. The van der Waals surface area contributed by atoms with Gasteiger partial charge in [0.15, 0.2) is 16.5 Å². The van der Waals surface area contributed by atoms with Gasteiger partial charge in [-0.3, -0.25) is 0 Å². The molecule has 0 unspecified atom stereocenters. The summed E-state index contributed by atoms with van der Waals surface area (Å²) in [4.78, 5) is 6.38. The lowest BCUT2D eigenvalue weighted by atomic mass is 10.1. The molecule has 0 bridgehead atoms. The minimum atomic E-state index is -3.64. The van der Waals surface area contributed by atoms with E-state index >= 15 is 0 Å². The van der Waals surface area contributed by atoms with Gasteiger partial charge in [0.25, 0.3) is 10.0 Å². The lowest BCUT2D eigenvalue weighted by Crippen LogP contribution is -2.60. The highest BCUT2D eigenvalue weighted by atomic mass is 32.2. The van der Waals surface area contributed by atoms with E-state index in [0.717, 1.165) is 11.6 Å². The molecular formula is C17H24N8O2S. The van der Waals surface area contributed by atoms with Crippen molar-refractivity contribution in [3.63, 3.8) is 0 Å². The molecule has 0 radical (unpaired) electrons. The smallest absolute Gasteiger partial charge is 0.262 e. The van der Waals surface area contributed by atoms with E-state index in [1.165, 1.54) is 4.31 Å². The molecule has 0 saturated carbocycles. The van der Waals surface area contributed by atoms with E-state index < -0.39 is 10.0 Å². The predicted molar refractivity (Wildman–Crippen MR) is 104 cm³/mol. The highest BCUT2D eigenvalue weighted by Gasteiger charge is 2.38. The van der Waals surface area contributed by atoms with Gasteiger partial charge in [0.2, 0.25) is 0 Å². The summed E-state index contributed by atoms with van der Waals surface area (Å²) in [5.74, 6) is 2.40. The van der Waals surface area contributed by atoms with Crippen molar-refractivity contribution in [1.82, 2.24) is 33.7 Å². The summed E-state index contributed by atoms with van der Waals surface area (Å²) in [5, 5.41) is 12.7. The Kier molecular flexibility index (Phi) is 4.38. The number of hydrogen-bond acceptors (Lipinski definition) is 7. The Morgan fingerprint density at radius 1 is 1.21 bits per heavy atom. The third-order valence-electron chi connectivity index (χ3n) is 5.16. The summed E-state index contributed by atoms with van der Waals surface area (Å²) in [6, 6.07) is 3.60.